The van der Waals surface area contributed by atoms with Gasteiger partial charge in [0.25, 0.3) is 0 Å². The van der Waals surface area contributed by atoms with Gasteiger partial charge < -0.3 is 10.4 Å². The number of hydrogen-bond donors (Lipinski definition) is 2. The molecule has 1 saturated carbocycles. The first-order valence-electron chi connectivity index (χ1n) is 8.41. The number of nitrogens with one attached hydrogen (secondary N) is 1. The SMILES string of the molecule is CC(O)c1ccccc1NC1CCCC(C(C)(C)C)CC1. The van der Waals surface area contributed by atoms with Gasteiger partial charge in [0.05, 0.1) is 6.10 Å². The lowest BCUT2D eigenvalue weighted by Crippen LogP contribution is -2.22. The summed E-state index contributed by atoms with van der Waals surface area (Å²) >= 11 is 0. The Bertz CT molecular complexity index is 447. The number of benzene rings is 1. The molecule has 0 aliphatic heterocycles. The van der Waals surface area contributed by atoms with Crippen LogP contribution in [0.1, 0.15) is 71.5 Å². The second-order valence-electron chi connectivity index (χ2n) is 7.68. The van der Waals surface area contributed by atoms with Gasteiger partial charge in [0.2, 0.25) is 0 Å². The average Bonchev–Trinajstić information content (AvgIpc) is 2.64. The Balaban J connectivity index is 2.01. The number of para-hydroxylation sites is 1. The molecular formula is C19H31NO. The number of rotatable bonds is 3. The van der Waals surface area contributed by atoms with Crippen LogP contribution in [0.5, 0.6) is 0 Å². The molecule has 1 aromatic rings. The average molecular weight is 289 g/mol. The van der Waals surface area contributed by atoms with Crippen LogP contribution in [0.25, 0.3) is 0 Å². The summed E-state index contributed by atoms with van der Waals surface area (Å²) in [5, 5.41) is 13.6. The summed E-state index contributed by atoms with van der Waals surface area (Å²) in [6.07, 6.45) is 6.01. The molecule has 1 aliphatic rings. The van der Waals surface area contributed by atoms with E-state index < -0.39 is 6.10 Å². The maximum Gasteiger partial charge on any atom is 0.0781 e. The Kier molecular flexibility index (Phi) is 5.32. The number of hydrogen-bond acceptors (Lipinski definition) is 2. The van der Waals surface area contributed by atoms with E-state index in [4.69, 9.17) is 0 Å². The number of anilines is 1. The minimum atomic E-state index is -0.415. The fraction of sp³-hybridized carbons (Fsp3) is 0.684. The molecule has 0 bridgehead atoms. The molecule has 1 fully saturated rings. The van der Waals surface area contributed by atoms with Gasteiger partial charge >= 0.3 is 0 Å². The van der Waals surface area contributed by atoms with E-state index in [1.54, 1.807) is 0 Å². The second kappa shape index (κ2) is 6.83. The van der Waals surface area contributed by atoms with Gasteiger partial charge in [-0.2, -0.15) is 0 Å². The number of aliphatic hydroxyl groups excluding tert-OH is 1. The summed E-state index contributed by atoms with van der Waals surface area (Å²) in [5.74, 6) is 0.830. The smallest absolute Gasteiger partial charge is 0.0781 e. The van der Waals surface area contributed by atoms with Crippen molar-refractivity contribution in [2.75, 3.05) is 5.32 Å². The third-order valence-corrected chi connectivity index (χ3v) is 4.96. The summed E-state index contributed by atoms with van der Waals surface area (Å²) in [7, 11) is 0. The van der Waals surface area contributed by atoms with Gasteiger partial charge in [-0.1, -0.05) is 45.4 Å². The quantitative estimate of drug-likeness (QED) is 0.754. The molecule has 3 unspecified atom stereocenters. The maximum atomic E-state index is 9.90. The van der Waals surface area contributed by atoms with Gasteiger partial charge in [0.1, 0.15) is 0 Å². The molecule has 21 heavy (non-hydrogen) atoms. The van der Waals surface area contributed by atoms with E-state index in [9.17, 15) is 5.11 Å². The molecule has 0 radical (unpaired) electrons. The Hall–Kier alpha value is -1.02. The highest BCUT2D eigenvalue weighted by Crippen LogP contribution is 2.37. The highest BCUT2D eigenvalue weighted by Gasteiger charge is 2.27. The minimum Gasteiger partial charge on any atom is -0.389 e. The molecule has 118 valence electrons. The van der Waals surface area contributed by atoms with Crippen molar-refractivity contribution >= 4 is 5.69 Å². The Labute approximate surface area is 130 Å². The molecule has 2 heteroatoms. The fourth-order valence-corrected chi connectivity index (χ4v) is 3.52. The van der Waals surface area contributed by atoms with Crippen molar-refractivity contribution in [3.05, 3.63) is 29.8 Å². The topological polar surface area (TPSA) is 32.3 Å². The van der Waals surface area contributed by atoms with Crippen LogP contribution in [0.4, 0.5) is 5.69 Å². The third-order valence-electron chi connectivity index (χ3n) is 4.96. The molecule has 3 atom stereocenters. The first kappa shape index (κ1) is 16.4. The molecule has 2 N–H and O–H groups in total. The summed E-state index contributed by atoms with van der Waals surface area (Å²) in [6.45, 7) is 8.94. The van der Waals surface area contributed by atoms with E-state index in [0.717, 1.165) is 17.2 Å². The monoisotopic (exact) mass is 289 g/mol. The van der Waals surface area contributed by atoms with E-state index in [-0.39, 0.29) is 0 Å². The van der Waals surface area contributed by atoms with Crippen LogP contribution in [0.2, 0.25) is 0 Å². The Morgan fingerprint density at radius 2 is 1.81 bits per heavy atom. The van der Waals surface area contributed by atoms with E-state index in [1.807, 2.05) is 25.1 Å². The maximum absolute atomic E-state index is 9.90. The van der Waals surface area contributed by atoms with Crippen molar-refractivity contribution in [3.63, 3.8) is 0 Å². The number of aliphatic hydroxyl groups is 1. The largest absolute Gasteiger partial charge is 0.389 e. The van der Waals surface area contributed by atoms with Crippen LogP contribution in [0.15, 0.2) is 24.3 Å². The van der Waals surface area contributed by atoms with Gasteiger partial charge in [-0.3, -0.25) is 0 Å². The summed E-state index contributed by atoms with van der Waals surface area (Å²) in [4.78, 5) is 0. The zero-order chi connectivity index (χ0) is 15.5. The van der Waals surface area contributed by atoms with Crippen LogP contribution in [0, 0.1) is 11.3 Å². The molecule has 1 aliphatic carbocycles. The van der Waals surface area contributed by atoms with Crippen molar-refractivity contribution in [2.24, 2.45) is 11.3 Å². The summed E-state index contributed by atoms with van der Waals surface area (Å²) in [5.41, 5.74) is 2.53. The Morgan fingerprint density at radius 3 is 2.48 bits per heavy atom. The highest BCUT2D eigenvalue weighted by atomic mass is 16.3. The van der Waals surface area contributed by atoms with Crippen LogP contribution in [0.3, 0.4) is 0 Å². The van der Waals surface area contributed by atoms with Crippen molar-refractivity contribution in [1.29, 1.82) is 0 Å². The summed E-state index contributed by atoms with van der Waals surface area (Å²) in [6, 6.07) is 8.69. The van der Waals surface area contributed by atoms with Crippen molar-refractivity contribution in [1.82, 2.24) is 0 Å². The Morgan fingerprint density at radius 1 is 1.10 bits per heavy atom. The summed E-state index contributed by atoms with van der Waals surface area (Å²) < 4.78 is 0. The lowest BCUT2D eigenvalue weighted by atomic mass is 9.76. The second-order valence-corrected chi connectivity index (χ2v) is 7.68. The molecule has 0 heterocycles. The first-order chi connectivity index (χ1) is 9.88. The van der Waals surface area contributed by atoms with Crippen LogP contribution >= 0.6 is 0 Å². The molecule has 2 nitrogen and oxygen atoms in total. The standard InChI is InChI=1S/C19H31NO/c1-14(21)17-10-5-6-11-18(17)20-16-9-7-8-15(12-13-16)19(2,3)4/h5-6,10-11,14-16,20-21H,7-9,12-13H2,1-4H3. The predicted octanol–water partition coefficient (Wildman–Crippen LogP) is 5.15. The molecule has 0 aromatic heterocycles. The minimum absolute atomic E-state index is 0.415. The lowest BCUT2D eigenvalue weighted by molar-refractivity contribution is 0.200. The van der Waals surface area contributed by atoms with Gasteiger partial charge in [-0.15, -0.1) is 0 Å². The van der Waals surface area contributed by atoms with Crippen molar-refractivity contribution in [3.8, 4) is 0 Å². The van der Waals surface area contributed by atoms with Crippen LogP contribution in [-0.2, 0) is 0 Å². The molecule has 1 aromatic carbocycles. The van der Waals surface area contributed by atoms with E-state index >= 15 is 0 Å². The van der Waals surface area contributed by atoms with Gasteiger partial charge in [-0.05, 0) is 50.0 Å². The molecule has 2 rings (SSSR count). The van der Waals surface area contributed by atoms with Gasteiger partial charge in [-0.25, -0.2) is 0 Å². The highest BCUT2D eigenvalue weighted by molar-refractivity contribution is 5.52. The van der Waals surface area contributed by atoms with Gasteiger partial charge in [0, 0.05) is 17.3 Å². The van der Waals surface area contributed by atoms with Gasteiger partial charge in [0.15, 0.2) is 0 Å². The van der Waals surface area contributed by atoms with Crippen molar-refractivity contribution < 1.29 is 5.11 Å². The fourth-order valence-electron chi connectivity index (χ4n) is 3.52. The molecular weight excluding hydrogens is 258 g/mol. The lowest BCUT2D eigenvalue weighted by Gasteiger charge is -2.29. The van der Waals surface area contributed by atoms with Crippen molar-refractivity contribution in [2.45, 2.75) is 71.9 Å². The van der Waals surface area contributed by atoms with Crippen LogP contribution in [-0.4, -0.2) is 11.1 Å². The zero-order valence-electron chi connectivity index (χ0n) is 14.0. The normalized spacial score (nSPS) is 25.2. The predicted molar refractivity (Wildman–Crippen MR) is 90.5 cm³/mol. The molecule has 0 spiro atoms. The molecule has 0 saturated heterocycles. The van der Waals surface area contributed by atoms with E-state index in [2.05, 4.69) is 32.2 Å². The third kappa shape index (κ3) is 4.47. The van der Waals surface area contributed by atoms with Crippen LogP contribution < -0.4 is 5.32 Å². The van der Waals surface area contributed by atoms with E-state index in [1.165, 1.54) is 32.1 Å². The zero-order valence-corrected chi connectivity index (χ0v) is 14.0. The molecule has 0 amide bonds. The van der Waals surface area contributed by atoms with E-state index in [0.29, 0.717) is 11.5 Å². The first-order valence-corrected chi connectivity index (χ1v) is 8.41.